The van der Waals surface area contributed by atoms with Crippen molar-refractivity contribution in [3.8, 4) is 6.07 Å². The molecule has 0 atom stereocenters. The Morgan fingerprint density at radius 2 is 2.10 bits per heavy atom. The molecule has 0 heterocycles. The van der Waals surface area contributed by atoms with Gasteiger partial charge < -0.3 is 10.4 Å². The van der Waals surface area contributed by atoms with Crippen molar-refractivity contribution < 1.29 is 9.90 Å². The number of carboxylic acid groups (broad SMARTS) is 1. The number of aromatic carboxylic acids is 1. The number of halogens is 1. The summed E-state index contributed by atoms with van der Waals surface area (Å²) >= 11 is 3.36. The molecule has 0 radical (unpaired) electrons. The van der Waals surface area contributed by atoms with Crippen LogP contribution in [0.3, 0.4) is 0 Å². The van der Waals surface area contributed by atoms with E-state index in [9.17, 15) is 4.79 Å². The van der Waals surface area contributed by atoms with E-state index in [0.717, 1.165) is 15.7 Å². The van der Waals surface area contributed by atoms with Crippen LogP contribution in [0.2, 0.25) is 0 Å². The molecule has 20 heavy (non-hydrogen) atoms. The lowest BCUT2D eigenvalue weighted by Gasteiger charge is -2.09. The summed E-state index contributed by atoms with van der Waals surface area (Å²) in [5, 5.41) is 20.9. The van der Waals surface area contributed by atoms with Gasteiger partial charge in [-0.15, -0.1) is 0 Å². The summed E-state index contributed by atoms with van der Waals surface area (Å²) in [5.74, 6) is -0.952. The van der Waals surface area contributed by atoms with Gasteiger partial charge in [-0.05, 0) is 35.9 Å². The van der Waals surface area contributed by atoms with Crippen LogP contribution in [-0.4, -0.2) is 11.1 Å². The maximum absolute atomic E-state index is 10.8. The summed E-state index contributed by atoms with van der Waals surface area (Å²) in [4.78, 5) is 10.8. The Bertz CT molecular complexity index is 693. The van der Waals surface area contributed by atoms with Gasteiger partial charge >= 0.3 is 5.97 Å². The molecule has 0 aliphatic rings. The predicted molar refractivity (Wildman–Crippen MR) is 79.6 cm³/mol. The van der Waals surface area contributed by atoms with Gasteiger partial charge in [-0.3, -0.25) is 0 Å². The van der Waals surface area contributed by atoms with Gasteiger partial charge in [0.1, 0.15) is 0 Å². The highest BCUT2D eigenvalue weighted by atomic mass is 79.9. The van der Waals surface area contributed by atoms with Crippen molar-refractivity contribution in [1.82, 2.24) is 0 Å². The second-order valence-corrected chi connectivity index (χ2v) is 5.01. The lowest BCUT2D eigenvalue weighted by atomic mass is 10.1. The van der Waals surface area contributed by atoms with Crippen molar-refractivity contribution in [2.45, 2.75) is 6.54 Å². The largest absolute Gasteiger partial charge is 0.478 e. The van der Waals surface area contributed by atoms with Crippen LogP contribution in [-0.2, 0) is 6.54 Å². The van der Waals surface area contributed by atoms with Gasteiger partial charge in [0, 0.05) is 16.7 Å². The number of rotatable bonds is 4. The van der Waals surface area contributed by atoms with E-state index in [0.29, 0.717) is 12.1 Å². The Morgan fingerprint density at radius 3 is 2.75 bits per heavy atom. The van der Waals surface area contributed by atoms with Gasteiger partial charge in [0.05, 0.1) is 17.2 Å². The summed E-state index contributed by atoms with van der Waals surface area (Å²) in [7, 11) is 0. The lowest BCUT2D eigenvalue weighted by Crippen LogP contribution is -2.02. The van der Waals surface area contributed by atoms with Crippen molar-refractivity contribution in [2.24, 2.45) is 0 Å². The van der Waals surface area contributed by atoms with Crippen LogP contribution in [0.4, 0.5) is 5.69 Å². The third-order valence-electron chi connectivity index (χ3n) is 2.77. The molecule has 5 heteroatoms. The van der Waals surface area contributed by atoms with E-state index in [1.165, 1.54) is 0 Å². The molecule has 2 rings (SSSR count). The quantitative estimate of drug-likeness (QED) is 0.897. The molecule has 2 N–H and O–H groups in total. The van der Waals surface area contributed by atoms with Crippen molar-refractivity contribution >= 4 is 27.6 Å². The number of hydrogen-bond donors (Lipinski definition) is 2. The number of carboxylic acids is 1. The highest BCUT2D eigenvalue weighted by Crippen LogP contribution is 2.20. The summed E-state index contributed by atoms with van der Waals surface area (Å²) in [6.45, 7) is 0.537. The molecule has 0 aromatic heterocycles. The van der Waals surface area contributed by atoms with E-state index in [1.54, 1.807) is 30.3 Å². The van der Waals surface area contributed by atoms with Crippen molar-refractivity contribution in [3.63, 3.8) is 0 Å². The maximum atomic E-state index is 10.8. The highest BCUT2D eigenvalue weighted by Gasteiger charge is 2.06. The van der Waals surface area contributed by atoms with Crippen molar-refractivity contribution in [1.29, 1.82) is 5.26 Å². The minimum Gasteiger partial charge on any atom is -0.478 e. The number of hydrogen-bond acceptors (Lipinski definition) is 3. The van der Waals surface area contributed by atoms with Gasteiger partial charge in [0.25, 0.3) is 0 Å². The van der Waals surface area contributed by atoms with Gasteiger partial charge in [0.15, 0.2) is 0 Å². The van der Waals surface area contributed by atoms with Gasteiger partial charge in [-0.1, -0.05) is 28.1 Å². The van der Waals surface area contributed by atoms with Crippen LogP contribution in [0.5, 0.6) is 0 Å². The number of nitrogens with one attached hydrogen (secondary N) is 1. The fraction of sp³-hybridized carbons (Fsp3) is 0.0667. The third-order valence-corrected chi connectivity index (χ3v) is 3.51. The first-order valence-electron chi connectivity index (χ1n) is 5.86. The molecular formula is C15H11BrN2O2. The van der Waals surface area contributed by atoms with Crippen molar-refractivity contribution in [3.05, 3.63) is 63.6 Å². The van der Waals surface area contributed by atoms with E-state index in [-0.39, 0.29) is 5.56 Å². The Kier molecular flexibility index (Phi) is 4.38. The molecule has 0 aliphatic carbocycles. The molecular weight excluding hydrogens is 320 g/mol. The number of nitriles is 1. The van der Waals surface area contributed by atoms with Crippen LogP contribution in [0.1, 0.15) is 21.5 Å². The Balaban J connectivity index is 2.11. The average molecular weight is 331 g/mol. The summed E-state index contributed by atoms with van der Waals surface area (Å²) in [6, 6.07) is 14.2. The first-order valence-corrected chi connectivity index (χ1v) is 6.65. The predicted octanol–water partition coefficient (Wildman–Crippen LogP) is 3.63. The van der Waals surface area contributed by atoms with Gasteiger partial charge in [-0.2, -0.15) is 5.26 Å². The van der Waals surface area contributed by atoms with Gasteiger partial charge in [-0.25, -0.2) is 4.79 Å². The zero-order chi connectivity index (χ0) is 14.5. The smallest absolute Gasteiger partial charge is 0.335 e. The highest BCUT2D eigenvalue weighted by molar-refractivity contribution is 9.10. The first kappa shape index (κ1) is 14.1. The minimum absolute atomic E-state index is 0.243. The number of anilines is 1. The normalized spacial score (nSPS) is 9.80. The number of carbonyl (C=O) groups is 1. The fourth-order valence-corrected chi connectivity index (χ4v) is 2.24. The van der Waals surface area contributed by atoms with E-state index in [1.807, 2.05) is 12.1 Å². The molecule has 2 aromatic rings. The summed E-state index contributed by atoms with van der Waals surface area (Å²) < 4.78 is 0.737. The van der Waals surface area contributed by atoms with E-state index in [2.05, 4.69) is 27.3 Å². The Labute approximate surface area is 124 Å². The first-order chi connectivity index (χ1) is 9.60. The van der Waals surface area contributed by atoms with E-state index < -0.39 is 5.97 Å². The fourth-order valence-electron chi connectivity index (χ4n) is 1.72. The second-order valence-electron chi connectivity index (χ2n) is 4.16. The monoisotopic (exact) mass is 330 g/mol. The summed E-state index contributed by atoms with van der Waals surface area (Å²) in [6.07, 6.45) is 0. The Morgan fingerprint density at radius 1 is 1.30 bits per heavy atom. The molecule has 0 unspecified atom stereocenters. The zero-order valence-corrected chi connectivity index (χ0v) is 12.0. The van der Waals surface area contributed by atoms with E-state index in [4.69, 9.17) is 10.4 Å². The molecule has 0 fully saturated rings. The molecule has 100 valence electrons. The average Bonchev–Trinajstić information content (AvgIpc) is 2.46. The topological polar surface area (TPSA) is 73.1 Å². The SMILES string of the molecule is N#Cc1cccc(NCc2ccc(C(=O)O)cc2Br)c1. The van der Waals surface area contributed by atoms with Crippen LogP contribution in [0.15, 0.2) is 46.9 Å². The van der Waals surface area contributed by atoms with Crippen LogP contribution in [0, 0.1) is 11.3 Å². The molecule has 0 spiro atoms. The second kappa shape index (κ2) is 6.22. The minimum atomic E-state index is -0.952. The van der Waals surface area contributed by atoms with Crippen LogP contribution >= 0.6 is 15.9 Å². The lowest BCUT2D eigenvalue weighted by molar-refractivity contribution is 0.0697. The van der Waals surface area contributed by atoms with Gasteiger partial charge in [0.2, 0.25) is 0 Å². The zero-order valence-electron chi connectivity index (χ0n) is 10.4. The van der Waals surface area contributed by atoms with Crippen LogP contribution < -0.4 is 5.32 Å². The molecule has 4 nitrogen and oxygen atoms in total. The Hall–Kier alpha value is -2.32. The molecule has 0 saturated carbocycles. The molecule has 0 saturated heterocycles. The molecule has 0 aliphatic heterocycles. The third kappa shape index (κ3) is 3.37. The standard InChI is InChI=1S/C15H11BrN2O2/c16-14-7-11(15(19)20)4-5-12(14)9-18-13-3-1-2-10(6-13)8-17/h1-7,18H,9H2,(H,19,20). The number of nitrogens with zero attached hydrogens (tertiary/aromatic N) is 1. The van der Waals surface area contributed by atoms with Crippen LogP contribution in [0.25, 0.3) is 0 Å². The molecule has 0 amide bonds. The van der Waals surface area contributed by atoms with Crippen molar-refractivity contribution in [2.75, 3.05) is 5.32 Å². The summed E-state index contributed by atoms with van der Waals surface area (Å²) in [5.41, 5.74) is 2.62. The van der Waals surface area contributed by atoms with E-state index >= 15 is 0 Å². The molecule has 0 bridgehead atoms. The number of benzene rings is 2. The molecule has 2 aromatic carbocycles. The maximum Gasteiger partial charge on any atom is 0.335 e.